The third-order valence-electron chi connectivity index (χ3n) is 11.3. The normalized spacial score (nSPS) is 18.9. The fraction of sp³-hybridized carbons (Fsp3) is 0.739. The Morgan fingerprint density at radius 3 is 1.14 bits per heavy atom. The second-order valence-corrected chi connectivity index (χ2v) is 21.1. The van der Waals surface area contributed by atoms with Crippen molar-refractivity contribution in [2.75, 3.05) is 13.1 Å². The molecule has 1 saturated heterocycles. The lowest BCUT2D eigenvalue weighted by atomic mass is 9.71. The van der Waals surface area contributed by atoms with E-state index >= 15 is 0 Å². The molecule has 0 spiro atoms. The second-order valence-electron chi connectivity index (χ2n) is 21.1. The van der Waals surface area contributed by atoms with Gasteiger partial charge in [0, 0.05) is 49.4 Å². The maximum atomic E-state index is 11.7. The van der Waals surface area contributed by atoms with Crippen LogP contribution in [0.2, 0.25) is 0 Å². The van der Waals surface area contributed by atoms with E-state index in [1.807, 2.05) is 0 Å². The lowest BCUT2D eigenvalue weighted by Gasteiger charge is -2.48. The maximum absolute atomic E-state index is 11.7. The summed E-state index contributed by atoms with van der Waals surface area (Å²) in [5.74, 6) is 2.13. The SMILES string of the molecule is Cc1cc(C(C)(C)CC(C)(C)C)c(O)c(C)c1CN1CC(CC(C)C)N(Cc2c(C)cc(C(C)(C)CC(C)(C)C)c(O)c2C)CC1CC(C)C. The summed E-state index contributed by atoms with van der Waals surface area (Å²) < 4.78 is 0. The number of hydrogen-bond donors (Lipinski definition) is 2. The van der Waals surface area contributed by atoms with Crippen molar-refractivity contribution in [2.24, 2.45) is 22.7 Å². The van der Waals surface area contributed by atoms with Crippen LogP contribution in [0.15, 0.2) is 12.1 Å². The molecule has 1 fully saturated rings. The lowest BCUT2D eigenvalue weighted by Crippen LogP contribution is -2.58. The first-order valence-electron chi connectivity index (χ1n) is 19.8. The zero-order chi connectivity index (χ0) is 38.3. The Morgan fingerprint density at radius 2 is 0.880 bits per heavy atom. The van der Waals surface area contributed by atoms with Crippen molar-refractivity contribution in [2.45, 2.75) is 186 Å². The third-order valence-corrected chi connectivity index (χ3v) is 11.3. The molecule has 0 saturated carbocycles. The molecule has 2 N–H and O–H groups in total. The summed E-state index contributed by atoms with van der Waals surface area (Å²) in [7, 11) is 0. The van der Waals surface area contributed by atoms with Gasteiger partial charge in [-0.25, -0.2) is 0 Å². The zero-order valence-electron chi connectivity index (χ0n) is 35.9. The van der Waals surface area contributed by atoms with Gasteiger partial charge < -0.3 is 10.2 Å². The van der Waals surface area contributed by atoms with Crippen LogP contribution in [0.25, 0.3) is 0 Å². The summed E-state index contributed by atoms with van der Waals surface area (Å²) >= 11 is 0. The first-order valence-corrected chi connectivity index (χ1v) is 19.8. The number of aryl methyl sites for hydroxylation is 2. The quantitative estimate of drug-likeness (QED) is 0.233. The largest absolute Gasteiger partial charge is 0.507 e. The lowest BCUT2D eigenvalue weighted by molar-refractivity contribution is 0.00214. The Bertz CT molecular complexity index is 1360. The van der Waals surface area contributed by atoms with E-state index in [0.717, 1.165) is 74.1 Å². The van der Waals surface area contributed by atoms with Crippen molar-refractivity contribution in [1.29, 1.82) is 0 Å². The van der Waals surface area contributed by atoms with Crippen molar-refractivity contribution >= 4 is 0 Å². The average molecular weight is 691 g/mol. The van der Waals surface area contributed by atoms with Crippen LogP contribution in [0.5, 0.6) is 11.5 Å². The van der Waals surface area contributed by atoms with Gasteiger partial charge in [-0.1, -0.05) is 109 Å². The number of nitrogens with zero attached hydrogens (tertiary/aromatic N) is 2. The van der Waals surface area contributed by atoms with Crippen molar-refractivity contribution in [3.63, 3.8) is 0 Å². The minimum atomic E-state index is -0.115. The van der Waals surface area contributed by atoms with Crippen LogP contribution in [0.1, 0.15) is 167 Å². The standard InChI is InChI=1S/C46H78N2O2/c1-29(2)19-35-23-48(26-38-32(6)22-40(42(50)34(38)8)46(17,18)28-44(12,13)14)36(20-30(3)4)24-47(35)25-37-31(5)21-39(41(49)33(37)7)45(15,16)27-43(9,10)11/h21-22,29-30,35-36,49-50H,19-20,23-28H2,1-18H3. The van der Waals surface area contributed by atoms with E-state index < -0.39 is 0 Å². The highest BCUT2D eigenvalue weighted by Gasteiger charge is 2.37. The molecule has 3 rings (SSSR count). The molecule has 2 atom stereocenters. The van der Waals surface area contributed by atoms with Crippen LogP contribution >= 0.6 is 0 Å². The number of phenolic OH excluding ortho intramolecular Hbond substituents is 2. The molecule has 50 heavy (non-hydrogen) atoms. The number of benzene rings is 2. The van der Waals surface area contributed by atoms with Crippen LogP contribution in [0.4, 0.5) is 0 Å². The molecule has 0 bridgehead atoms. The Labute approximate surface area is 309 Å². The summed E-state index contributed by atoms with van der Waals surface area (Å²) in [4.78, 5) is 5.49. The molecule has 0 aromatic heterocycles. The first kappa shape index (κ1) is 42.4. The minimum Gasteiger partial charge on any atom is -0.507 e. The molecular weight excluding hydrogens is 613 g/mol. The van der Waals surface area contributed by atoms with Gasteiger partial charge in [-0.2, -0.15) is 0 Å². The van der Waals surface area contributed by atoms with Gasteiger partial charge in [0.2, 0.25) is 0 Å². The van der Waals surface area contributed by atoms with Gasteiger partial charge in [-0.3, -0.25) is 9.80 Å². The van der Waals surface area contributed by atoms with Crippen molar-refractivity contribution < 1.29 is 10.2 Å². The van der Waals surface area contributed by atoms with E-state index in [1.165, 1.54) is 22.3 Å². The van der Waals surface area contributed by atoms with Crippen molar-refractivity contribution in [3.8, 4) is 11.5 Å². The molecule has 0 amide bonds. The van der Waals surface area contributed by atoms with E-state index in [2.05, 4.69) is 147 Å². The zero-order valence-corrected chi connectivity index (χ0v) is 35.9. The topological polar surface area (TPSA) is 46.9 Å². The number of piperazine rings is 1. The van der Waals surface area contributed by atoms with Gasteiger partial charge in [0.15, 0.2) is 0 Å². The fourth-order valence-electron chi connectivity index (χ4n) is 9.79. The monoisotopic (exact) mass is 691 g/mol. The third kappa shape index (κ3) is 10.5. The molecule has 0 radical (unpaired) electrons. The Balaban J connectivity index is 2.01. The number of phenols is 2. The molecule has 1 heterocycles. The molecule has 284 valence electrons. The van der Waals surface area contributed by atoms with Crippen LogP contribution in [-0.4, -0.2) is 45.2 Å². The van der Waals surface area contributed by atoms with E-state index in [0.29, 0.717) is 35.4 Å². The molecule has 2 aromatic rings. The molecule has 2 unspecified atom stereocenters. The summed E-state index contributed by atoms with van der Waals surface area (Å²) in [6.45, 7) is 44.8. The van der Waals surface area contributed by atoms with Gasteiger partial charge in [0.25, 0.3) is 0 Å². The smallest absolute Gasteiger partial charge is 0.122 e. The van der Waals surface area contributed by atoms with Crippen molar-refractivity contribution in [3.05, 3.63) is 56.6 Å². The van der Waals surface area contributed by atoms with E-state index in [4.69, 9.17) is 0 Å². The fourth-order valence-corrected chi connectivity index (χ4v) is 9.79. The highest BCUT2D eigenvalue weighted by Crippen LogP contribution is 2.45. The predicted octanol–water partition coefficient (Wildman–Crippen LogP) is 11.9. The van der Waals surface area contributed by atoms with Gasteiger partial charge in [-0.15, -0.1) is 0 Å². The summed E-state index contributed by atoms with van der Waals surface area (Å²) in [5, 5.41) is 23.4. The highest BCUT2D eigenvalue weighted by molar-refractivity contribution is 5.53. The molecule has 1 aliphatic heterocycles. The van der Waals surface area contributed by atoms with E-state index in [9.17, 15) is 10.2 Å². The van der Waals surface area contributed by atoms with Crippen LogP contribution in [-0.2, 0) is 23.9 Å². The first-order chi connectivity index (χ1) is 22.6. The Hall–Kier alpha value is -2.04. The Morgan fingerprint density at radius 1 is 0.580 bits per heavy atom. The highest BCUT2D eigenvalue weighted by atomic mass is 16.3. The Kier molecular flexibility index (Phi) is 13.1. The van der Waals surface area contributed by atoms with Crippen LogP contribution < -0.4 is 0 Å². The molecule has 2 aromatic carbocycles. The minimum absolute atomic E-state index is 0.115. The van der Waals surface area contributed by atoms with Gasteiger partial charge in [-0.05, 0) is 120 Å². The van der Waals surface area contributed by atoms with Crippen LogP contribution in [0.3, 0.4) is 0 Å². The van der Waals surface area contributed by atoms with E-state index in [1.54, 1.807) is 0 Å². The number of rotatable bonds is 12. The molecule has 4 nitrogen and oxygen atoms in total. The maximum Gasteiger partial charge on any atom is 0.122 e. The number of aromatic hydroxyl groups is 2. The van der Waals surface area contributed by atoms with E-state index in [-0.39, 0.29) is 21.7 Å². The van der Waals surface area contributed by atoms with Gasteiger partial charge >= 0.3 is 0 Å². The van der Waals surface area contributed by atoms with Gasteiger partial charge in [0.1, 0.15) is 11.5 Å². The molecule has 1 aliphatic rings. The second kappa shape index (κ2) is 15.5. The number of hydrogen-bond acceptors (Lipinski definition) is 4. The average Bonchev–Trinajstić information content (AvgIpc) is 2.91. The summed E-state index contributed by atoms with van der Waals surface area (Å²) in [6, 6.07) is 5.39. The molecule has 0 aliphatic carbocycles. The van der Waals surface area contributed by atoms with Crippen LogP contribution in [0, 0.1) is 50.4 Å². The molecule has 4 heteroatoms. The van der Waals surface area contributed by atoms with Gasteiger partial charge in [0.05, 0.1) is 0 Å². The summed E-state index contributed by atoms with van der Waals surface area (Å²) in [5.41, 5.74) is 9.52. The van der Waals surface area contributed by atoms with Crippen molar-refractivity contribution in [1.82, 2.24) is 9.80 Å². The predicted molar refractivity (Wildman–Crippen MR) is 217 cm³/mol. The molecular formula is C46H78N2O2. The summed E-state index contributed by atoms with van der Waals surface area (Å²) in [6.07, 6.45) is 4.29.